The minimum absolute atomic E-state index is 0.0312. The molecule has 1 saturated heterocycles. The first-order valence-corrected chi connectivity index (χ1v) is 12.4. The predicted octanol–water partition coefficient (Wildman–Crippen LogP) is 4.83. The van der Waals surface area contributed by atoms with Crippen molar-refractivity contribution in [3.05, 3.63) is 59.9 Å². The molecule has 3 aliphatic rings. The molecule has 2 aliphatic carbocycles. The maximum Gasteiger partial charge on any atom is 0.226 e. The van der Waals surface area contributed by atoms with Gasteiger partial charge in [-0.3, -0.25) is 9.59 Å². The predicted molar refractivity (Wildman–Crippen MR) is 127 cm³/mol. The van der Waals surface area contributed by atoms with Gasteiger partial charge in [-0.15, -0.1) is 0 Å². The molecule has 3 fully saturated rings. The molecule has 0 radical (unpaired) electrons. The van der Waals surface area contributed by atoms with Crippen LogP contribution in [0.25, 0.3) is 11.1 Å². The summed E-state index contributed by atoms with van der Waals surface area (Å²) in [6.07, 6.45) is 6.80. The quantitative estimate of drug-likeness (QED) is 0.713. The second-order valence-corrected chi connectivity index (χ2v) is 10.2. The summed E-state index contributed by atoms with van der Waals surface area (Å²) in [6.45, 7) is 1.26. The van der Waals surface area contributed by atoms with E-state index in [1.807, 2.05) is 35.2 Å². The first kappa shape index (κ1) is 22.1. The maximum absolute atomic E-state index is 13.9. The highest BCUT2D eigenvalue weighted by atomic mass is 19.1. The lowest BCUT2D eigenvalue weighted by molar-refractivity contribution is -0.141. The van der Waals surface area contributed by atoms with E-state index in [1.165, 1.54) is 31.7 Å². The molecule has 0 spiro atoms. The SMILES string of the molecule is CNC(=O)C1(Cc2ccccc2-c2cccc(F)c2)CCN(C(=O)C2C3CCCCC32)CC1. The Morgan fingerprint density at radius 1 is 1.03 bits per heavy atom. The van der Waals surface area contributed by atoms with Gasteiger partial charge in [-0.05, 0) is 72.8 Å². The molecule has 5 heteroatoms. The molecule has 0 bridgehead atoms. The lowest BCUT2D eigenvalue weighted by Gasteiger charge is -2.41. The highest BCUT2D eigenvalue weighted by Gasteiger charge is 2.56. The van der Waals surface area contributed by atoms with Crippen molar-refractivity contribution in [3.8, 4) is 11.1 Å². The zero-order chi connectivity index (χ0) is 23.0. The lowest BCUT2D eigenvalue weighted by Crippen LogP contribution is -2.51. The second kappa shape index (κ2) is 8.92. The summed E-state index contributed by atoms with van der Waals surface area (Å²) >= 11 is 0. The number of likely N-dealkylation sites (tertiary alicyclic amines) is 1. The molecule has 1 aliphatic heterocycles. The van der Waals surface area contributed by atoms with Crippen LogP contribution in [-0.2, 0) is 16.0 Å². The maximum atomic E-state index is 13.9. The van der Waals surface area contributed by atoms with E-state index in [4.69, 9.17) is 0 Å². The van der Waals surface area contributed by atoms with Crippen molar-refractivity contribution in [1.82, 2.24) is 10.2 Å². The summed E-state index contributed by atoms with van der Waals surface area (Å²) in [6, 6.07) is 14.6. The number of nitrogens with one attached hydrogen (secondary N) is 1. The van der Waals surface area contributed by atoms with E-state index >= 15 is 0 Å². The van der Waals surface area contributed by atoms with E-state index in [2.05, 4.69) is 5.32 Å². The van der Waals surface area contributed by atoms with Crippen LogP contribution in [-0.4, -0.2) is 36.9 Å². The Morgan fingerprint density at radius 3 is 2.39 bits per heavy atom. The minimum Gasteiger partial charge on any atom is -0.359 e. The van der Waals surface area contributed by atoms with Crippen LogP contribution in [0.4, 0.5) is 4.39 Å². The molecule has 5 rings (SSSR count). The fourth-order valence-electron chi connectivity index (χ4n) is 6.45. The Bertz CT molecular complexity index is 1030. The number of rotatable bonds is 5. The molecule has 4 nitrogen and oxygen atoms in total. The largest absolute Gasteiger partial charge is 0.359 e. The normalized spacial score (nSPS) is 25.8. The fraction of sp³-hybridized carbons (Fsp3) is 0.500. The van der Waals surface area contributed by atoms with Gasteiger partial charge in [0.05, 0.1) is 5.41 Å². The van der Waals surface area contributed by atoms with Crippen molar-refractivity contribution in [1.29, 1.82) is 0 Å². The number of amides is 2. The average molecular weight is 449 g/mol. The van der Waals surface area contributed by atoms with Crippen LogP contribution >= 0.6 is 0 Å². The van der Waals surface area contributed by atoms with Gasteiger partial charge in [0.25, 0.3) is 0 Å². The number of fused-ring (bicyclic) bond motifs is 1. The summed E-state index contributed by atoms with van der Waals surface area (Å²) < 4.78 is 13.9. The Labute approximate surface area is 195 Å². The van der Waals surface area contributed by atoms with Gasteiger partial charge < -0.3 is 10.2 Å². The number of hydrogen-bond acceptors (Lipinski definition) is 2. The van der Waals surface area contributed by atoms with Crippen molar-refractivity contribution in [2.24, 2.45) is 23.2 Å². The van der Waals surface area contributed by atoms with Crippen molar-refractivity contribution in [2.45, 2.75) is 44.9 Å². The topological polar surface area (TPSA) is 49.4 Å². The number of carbonyl (C=O) groups is 2. The standard InChI is InChI=1S/C28H33FN2O2/c1-30-27(33)28(18-20-7-2-3-10-22(20)19-8-6-9-21(29)17-19)13-15-31(16-14-28)26(32)25-23-11-4-5-12-24(23)25/h2-3,6-10,17,23-25H,4-5,11-16,18H2,1H3,(H,30,33). The zero-order valence-electron chi connectivity index (χ0n) is 19.4. The Morgan fingerprint density at radius 2 is 1.73 bits per heavy atom. The van der Waals surface area contributed by atoms with Gasteiger partial charge in [-0.2, -0.15) is 0 Å². The first-order chi connectivity index (χ1) is 16.0. The second-order valence-electron chi connectivity index (χ2n) is 10.2. The van der Waals surface area contributed by atoms with E-state index in [0.717, 1.165) is 16.7 Å². The first-order valence-electron chi connectivity index (χ1n) is 12.4. The fourth-order valence-corrected chi connectivity index (χ4v) is 6.45. The molecular formula is C28H33FN2O2. The van der Waals surface area contributed by atoms with Crippen LogP contribution in [0, 0.1) is 29.0 Å². The van der Waals surface area contributed by atoms with Gasteiger partial charge in [0.15, 0.2) is 0 Å². The number of piperidine rings is 1. The molecule has 33 heavy (non-hydrogen) atoms. The van der Waals surface area contributed by atoms with Gasteiger partial charge in [-0.1, -0.05) is 49.2 Å². The third-order valence-electron chi connectivity index (χ3n) is 8.36. The molecule has 2 aromatic carbocycles. The monoisotopic (exact) mass is 448 g/mol. The van der Waals surface area contributed by atoms with Crippen LogP contribution in [0.5, 0.6) is 0 Å². The molecule has 2 unspecified atom stereocenters. The number of carbonyl (C=O) groups excluding carboxylic acids is 2. The van der Waals surface area contributed by atoms with Crippen LogP contribution in [0.3, 0.4) is 0 Å². The van der Waals surface area contributed by atoms with Crippen molar-refractivity contribution >= 4 is 11.8 Å². The molecule has 2 amide bonds. The Hall–Kier alpha value is -2.69. The van der Waals surface area contributed by atoms with E-state index in [1.54, 1.807) is 19.2 Å². The number of hydrogen-bond donors (Lipinski definition) is 1. The Kier molecular flexibility index (Phi) is 5.98. The zero-order valence-corrected chi connectivity index (χ0v) is 19.4. The van der Waals surface area contributed by atoms with Crippen LogP contribution in [0.2, 0.25) is 0 Å². The Balaban J connectivity index is 1.34. The van der Waals surface area contributed by atoms with Gasteiger partial charge >= 0.3 is 0 Å². The van der Waals surface area contributed by atoms with Crippen molar-refractivity contribution < 1.29 is 14.0 Å². The molecule has 2 aromatic rings. The third-order valence-corrected chi connectivity index (χ3v) is 8.36. The molecule has 2 atom stereocenters. The molecule has 1 heterocycles. The van der Waals surface area contributed by atoms with Gasteiger partial charge in [0, 0.05) is 26.1 Å². The lowest BCUT2D eigenvalue weighted by atomic mass is 9.72. The van der Waals surface area contributed by atoms with Gasteiger partial charge in [0.2, 0.25) is 11.8 Å². The van der Waals surface area contributed by atoms with Gasteiger partial charge in [0.1, 0.15) is 5.82 Å². The van der Waals surface area contributed by atoms with E-state index < -0.39 is 5.41 Å². The summed E-state index contributed by atoms with van der Waals surface area (Å²) in [5.74, 6) is 1.52. The molecule has 0 aromatic heterocycles. The molecule has 174 valence electrons. The average Bonchev–Trinajstić information content (AvgIpc) is 3.58. The molecule has 2 saturated carbocycles. The van der Waals surface area contributed by atoms with Crippen LogP contribution < -0.4 is 5.32 Å². The highest BCUT2D eigenvalue weighted by Crippen LogP contribution is 2.56. The van der Waals surface area contributed by atoms with Crippen molar-refractivity contribution in [3.63, 3.8) is 0 Å². The number of benzene rings is 2. The minimum atomic E-state index is -0.564. The van der Waals surface area contributed by atoms with Gasteiger partial charge in [-0.25, -0.2) is 4.39 Å². The highest BCUT2D eigenvalue weighted by molar-refractivity contribution is 5.85. The summed E-state index contributed by atoms with van der Waals surface area (Å²) in [4.78, 5) is 28.4. The summed E-state index contributed by atoms with van der Waals surface area (Å²) in [5.41, 5.74) is 2.26. The summed E-state index contributed by atoms with van der Waals surface area (Å²) in [7, 11) is 1.69. The van der Waals surface area contributed by atoms with E-state index in [0.29, 0.717) is 50.1 Å². The summed E-state index contributed by atoms with van der Waals surface area (Å²) in [5, 5.41) is 2.88. The molecular weight excluding hydrogens is 415 g/mol. The van der Waals surface area contributed by atoms with Crippen LogP contribution in [0.1, 0.15) is 44.1 Å². The molecule has 1 N–H and O–H groups in total. The van der Waals surface area contributed by atoms with E-state index in [-0.39, 0.29) is 17.6 Å². The third kappa shape index (κ3) is 4.18. The van der Waals surface area contributed by atoms with Crippen molar-refractivity contribution in [2.75, 3.05) is 20.1 Å². The number of halogens is 1. The smallest absolute Gasteiger partial charge is 0.226 e. The van der Waals surface area contributed by atoms with E-state index in [9.17, 15) is 14.0 Å². The van der Waals surface area contributed by atoms with Crippen LogP contribution in [0.15, 0.2) is 48.5 Å². The number of nitrogens with zero attached hydrogens (tertiary/aromatic N) is 1.